The van der Waals surface area contributed by atoms with Gasteiger partial charge in [-0.25, -0.2) is 0 Å². The Morgan fingerprint density at radius 1 is 0.833 bits per heavy atom. The van der Waals surface area contributed by atoms with Crippen LogP contribution >= 0.6 is 0 Å². The number of esters is 1. The molecule has 1 atom stereocenters. The van der Waals surface area contributed by atoms with Gasteiger partial charge in [-0.2, -0.15) is 0 Å². The molecule has 0 saturated heterocycles. The number of rotatable bonds is 8. The number of ether oxygens (including phenoxy) is 2. The van der Waals surface area contributed by atoms with Gasteiger partial charge in [-0.1, -0.05) is 72.8 Å². The molecular weight excluding hydrogens is 378 g/mol. The van der Waals surface area contributed by atoms with E-state index in [1.54, 1.807) is 38.3 Å². The monoisotopic (exact) mass is 403 g/mol. The molecule has 0 aromatic heterocycles. The van der Waals surface area contributed by atoms with Gasteiger partial charge in [-0.3, -0.25) is 9.59 Å². The van der Waals surface area contributed by atoms with E-state index in [1.807, 2.05) is 60.7 Å². The number of carbonyl (C=O) groups is 2. The third kappa shape index (κ3) is 5.70. The molecule has 0 spiro atoms. The van der Waals surface area contributed by atoms with Gasteiger partial charge in [0.25, 0.3) is 5.91 Å². The standard InChI is InChI=1S/C25H25NO4/c1-18(30-23(27)17-19-13-15-22(29-2)16-14-19)25(28)26-24(20-9-5-3-6-10-20)21-11-7-4-8-12-21/h3-16,18,24H,17H2,1-2H3,(H,26,28)/t18-/m1/s1. The molecule has 3 aromatic carbocycles. The highest BCUT2D eigenvalue weighted by atomic mass is 16.5. The van der Waals surface area contributed by atoms with Crippen molar-refractivity contribution in [2.24, 2.45) is 0 Å². The Bertz CT molecular complexity index is 916. The molecule has 1 amide bonds. The zero-order valence-corrected chi connectivity index (χ0v) is 17.1. The number of nitrogens with one attached hydrogen (secondary N) is 1. The van der Waals surface area contributed by atoms with E-state index in [2.05, 4.69) is 5.32 Å². The van der Waals surface area contributed by atoms with Crippen molar-refractivity contribution >= 4 is 11.9 Å². The lowest BCUT2D eigenvalue weighted by atomic mass is 9.98. The maximum absolute atomic E-state index is 12.8. The van der Waals surface area contributed by atoms with Gasteiger partial charge in [0.2, 0.25) is 0 Å². The van der Waals surface area contributed by atoms with Crippen LogP contribution < -0.4 is 10.1 Å². The molecule has 0 heterocycles. The number of carbonyl (C=O) groups excluding carboxylic acids is 2. The van der Waals surface area contributed by atoms with E-state index in [4.69, 9.17) is 9.47 Å². The molecule has 0 radical (unpaired) electrons. The van der Waals surface area contributed by atoms with Gasteiger partial charge in [0, 0.05) is 0 Å². The lowest BCUT2D eigenvalue weighted by Crippen LogP contribution is -2.38. The maximum Gasteiger partial charge on any atom is 0.311 e. The van der Waals surface area contributed by atoms with E-state index in [9.17, 15) is 9.59 Å². The summed E-state index contributed by atoms with van der Waals surface area (Å²) in [6.45, 7) is 1.58. The van der Waals surface area contributed by atoms with Crippen LogP contribution in [0.1, 0.15) is 29.7 Å². The summed E-state index contributed by atoms with van der Waals surface area (Å²) in [4.78, 5) is 25.0. The van der Waals surface area contributed by atoms with Crippen LogP contribution in [0.3, 0.4) is 0 Å². The second-order valence-corrected chi connectivity index (χ2v) is 6.92. The second kappa shape index (κ2) is 10.3. The molecule has 3 rings (SSSR count). The van der Waals surface area contributed by atoms with Crippen LogP contribution in [0.4, 0.5) is 0 Å². The maximum atomic E-state index is 12.8. The van der Waals surface area contributed by atoms with Crippen molar-refractivity contribution in [1.82, 2.24) is 5.32 Å². The zero-order chi connectivity index (χ0) is 21.3. The summed E-state index contributed by atoms with van der Waals surface area (Å²) >= 11 is 0. The third-order valence-electron chi connectivity index (χ3n) is 4.74. The summed E-state index contributed by atoms with van der Waals surface area (Å²) < 4.78 is 10.5. The first-order valence-corrected chi connectivity index (χ1v) is 9.79. The van der Waals surface area contributed by atoms with Crippen molar-refractivity contribution in [1.29, 1.82) is 0 Å². The van der Waals surface area contributed by atoms with Gasteiger partial charge >= 0.3 is 5.97 Å². The van der Waals surface area contributed by atoms with E-state index < -0.39 is 12.1 Å². The largest absolute Gasteiger partial charge is 0.497 e. The van der Waals surface area contributed by atoms with Crippen LogP contribution in [0.5, 0.6) is 5.75 Å². The number of methoxy groups -OCH3 is 1. The third-order valence-corrected chi connectivity index (χ3v) is 4.74. The highest BCUT2D eigenvalue weighted by Crippen LogP contribution is 2.22. The summed E-state index contributed by atoms with van der Waals surface area (Å²) in [5, 5.41) is 3.00. The normalized spacial score (nSPS) is 11.6. The summed E-state index contributed by atoms with van der Waals surface area (Å²) in [5.41, 5.74) is 2.70. The van der Waals surface area contributed by atoms with Gasteiger partial charge in [0.15, 0.2) is 6.10 Å². The van der Waals surface area contributed by atoms with Gasteiger partial charge in [0.1, 0.15) is 5.75 Å². The Morgan fingerprint density at radius 2 is 1.37 bits per heavy atom. The van der Waals surface area contributed by atoms with Crippen molar-refractivity contribution in [3.8, 4) is 5.75 Å². The first kappa shape index (κ1) is 21.1. The van der Waals surface area contributed by atoms with Gasteiger partial charge in [-0.15, -0.1) is 0 Å². The first-order chi connectivity index (χ1) is 14.6. The molecule has 154 valence electrons. The Labute approximate surface area is 176 Å². The molecule has 5 nitrogen and oxygen atoms in total. The fourth-order valence-corrected chi connectivity index (χ4v) is 3.11. The predicted octanol–water partition coefficient (Wildman–Crippen LogP) is 4.08. The van der Waals surface area contributed by atoms with Crippen molar-refractivity contribution in [2.75, 3.05) is 7.11 Å². The SMILES string of the molecule is COc1ccc(CC(=O)O[C@H](C)C(=O)NC(c2ccccc2)c2ccccc2)cc1. The molecule has 0 unspecified atom stereocenters. The lowest BCUT2D eigenvalue weighted by molar-refractivity contribution is -0.154. The molecule has 0 aliphatic carbocycles. The average molecular weight is 403 g/mol. The Hall–Kier alpha value is -3.60. The summed E-state index contributed by atoms with van der Waals surface area (Å²) in [6.07, 6.45) is -0.826. The molecule has 0 saturated carbocycles. The van der Waals surface area contributed by atoms with E-state index in [0.29, 0.717) is 5.75 Å². The highest BCUT2D eigenvalue weighted by molar-refractivity contribution is 5.84. The molecule has 1 N–H and O–H groups in total. The Morgan fingerprint density at radius 3 is 1.87 bits per heavy atom. The number of hydrogen-bond donors (Lipinski definition) is 1. The van der Waals surface area contributed by atoms with E-state index in [-0.39, 0.29) is 18.4 Å². The molecule has 0 fully saturated rings. The fourth-order valence-electron chi connectivity index (χ4n) is 3.11. The minimum absolute atomic E-state index is 0.0857. The van der Waals surface area contributed by atoms with Crippen molar-refractivity contribution in [3.63, 3.8) is 0 Å². The molecule has 0 aliphatic heterocycles. The van der Waals surface area contributed by atoms with Crippen molar-refractivity contribution in [2.45, 2.75) is 25.5 Å². The summed E-state index contributed by atoms with van der Waals surface area (Å²) in [6, 6.07) is 26.2. The number of hydrogen-bond acceptors (Lipinski definition) is 4. The van der Waals surface area contributed by atoms with Crippen LogP contribution in [0, 0.1) is 0 Å². The van der Waals surface area contributed by atoms with Crippen LogP contribution in [-0.2, 0) is 20.7 Å². The lowest BCUT2D eigenvalue weighted by Gasteiger charge is -2.22. The molecular formula is C25H25NO4. The summed E-state index contributed by atoms with van der Waals surface area (Å²) in [5.74, 6) is -0.0951. The Kier molecular flexibility index (Phi) is 7.22. The van der Waals surface area contributed by atoms with Crippen LogP contribution in [0.15, 0.2) is 84.9 Å². The summed E-state index contributed by atoms with van der Waals surface area (Å²) in [7, 11) is 1.59. The number of benzene rings is 3. The minimum Gasteiger partial charge on any atom is -0.497 e. The zero-order valence-electron chi connectivity index (χ0n) is 17.1. The second-order valence-electron chi connectivity index (χ2n) is 6.92. The van der Waals surface area contributed by atoms with Gasteiger partial charge < -0.3 is 14.8 Å². The van der Waals surface area contributed by atoms with Crippen LogP contribution in [0.2, 0.25) is 0 Å². The topological polar surface area (TPSA) is 64.6 Å². The minimum atomic E-state index is -0.911. The predicted molar refractivity (Wildman–Crippen MR) is 115 cm³/mol. The quantitative estimate of drug-likeness (QED) is 0.576. The van der Waals surface area contributed by atoms with E-state index >= 15 is 0 Å². The number of amides is 1. The smallest absolute Gasteiger partial charge is 0.311 e. The van der Waals surface area contributed by atoms with E-state index in [0.717, 1.165) is 16.7 Å². The highest BCUT2D eigenvalue weighted by Gasteiger charge is 2.23. The first-order valence-electron chi connectivity index (χ1n) is 9.79. The molecule has 0 aliphatic rings. The molecule has 5 heteroatoms. The molecule has 30 heavy (non-hydrogen) atoms. The average Bonchev–Trinajstić information content (AvgIpc) is 2.79. The van der Waals surface area contributed by atoms with E-state index in [1.165, 1.54) is 0 Å². The van der Waals surface area contributed by atoms with Crippen molar-refractivity contribution in [3.05, 3.63) is 102 Å². The van der Waals surface area contributed by atoms with Crippen LogP contribution in [-0.4, -0.2) is 25.1 Å². The fraction of sp³-hybridized carbons (Fsp3) is 0.200. The van der Waals surface area contributed by atoms with Crippen LogP contribution in [0.25, 0.3) is 0 Å². The van der Waals surface area contributed by atoms with Gasteiger partial charge in [-0.05, 0) is 35.7 Å². The molecule has 0 bridgehead atoms. The molecule has 3 aromatic rings. The van der Waals surface area contributed by atoms with Gasteiger partial charge in [0.05, 0.1) is 19.6 Å². The Balaban J connectivity index is 1.64. The van der Waals surface area contributed by atoms with Crippen molar-refractivity contribution < 1.29 is 19.1 Å².